The summed E-state index contributed by atoms with van der Waals surface area (Å²) in [7, 11) is 0. The second kappa shape index (κ2) is 6.95. The molecule has 3 rings (SSSR count). The molecule has 6 heteroatoms. The fourth-order valence-corrected chi connectivity index (χ4v) is 2.44. The van der Waals surface area contributed by atoms with Gasteiger partial charge in [-0.1, -0.05) is 23.4 Å². The lowest BCUT2D eigenvalue weighted by Crippen LogP contribution is -2.18. The minimum absolute atomic E-state index is 0.276. The van der Waals surface area contributed by atoms with Crippen LogP contribution >= 0.6 is 0 Å². The van der Waals surface area contributed by atoms with Crippen LogP contribution in [0.5, 0.6) is 0 Å². The molecule has 0 saturated heterocycles. The van der Waals surface area contributed by atoms with Crippen molar-refractivity contribution in [3.63, 3.8) is 0 Å². The van der Waals surface area contributed by atoms with Crippen molar-refractivity contribution in [2.45, 2.75) is 13.8 Å². The number of aryl methyl sites for hydroxylation is 1. The Morgan fingerprint density at radius 3 is 2.62 bits per heavy atom. The van der Waals surface area contributed by atoms with Crippen LogP contribution in [0.3, 0.4) is 0 Å². The maximum absolute atomic E-state index is 12.4. The van der Waals surface area contributed by atoms with Crippen LogP contribution in [-0.4, -0.2) is 22.6 Å². The third kappa shape index (κ3) is 3.43. The summed E-state index contributed by atoms with van der Waals surface area (Å²) in [6, 6.07) is 13.5. The van der Waals surface area contributed by atoms with Crippen molar-refractivity contribution in [1.29, 1.82) is 0 Å². The number of carbonyl (C=O) groups is 1. The van der Waals surface area contributed by atoms with Gasteiger partial charge in [-0.3, -0.25) is 9.78 Å². The summed E-state index contributed by atoms with van der Waals surface area (Å²) < 4.78 is 4.95. The summed E-state index contributed by atoms with van der Waals surface area (Å²) in [5.41, 5.74) is 2.36. The highest BCUT2D eigenvalue weighted by atomic mass is 16.5. The van der Waals surface area contributed by atoms with Crippen molar-refractivity contribution in [2.75, 3.05) is 16.8 Å². The Hall–Kier alpha value is -3.15. The number of carbonyl (C=O) groups excluding carboxylic acids is 1. The van der Waals surface area contributed by atoms with Gasteiger partial charge in [-0.2, -0.15) is 0 Å². The number of para-hydroxylation sites is 1. The van der Waals surface area contributed by atoms with Crippen molar-refractivity contribution in [3.05, 3.63) is 66.2 Å². The summed E-state index contributed by atoms with van der Waals surface area (Å²) >= 11 is 0. The number of nitrogens with zero attached hydrogens (tertiary/aromatic N) is 3. The number of amides is 1. The zero-order valence-corrected chi connectivity index (χ0v) is 13.6. The summed E-state index contributed by atoms with van der Waals surface area (Å²) in [5, 5.41) is 6.47. The van der Waals surface area contributed by atoms with Crippen LogP contribution in [0.1, 0.15) is 23.0 Å². The lowest BCUT2D eigenvalue weighted by Gasteiger charge is -2.23. The van der Waals surface area contributed by atoms with Crippen molar-refractivity contribution in [2.24, 2.45) is 0 Å². The molecule has 122 valence electrons. The Balaban J connectivity index is 1.84. The van der Waals surface area contributed by atoms with E-state index >= 15 is 0 Å². The first kappa shape index (κ1) is 15.7. The van der Waals surface area contributed by atoms with E-state index in [4.69, 9.17) is 4.52 Å². The van der Waals surface area contributed by atoms with Gasteiger partial charge in [-0.15, -0.1) is 0 Å². The Bertz CT molecular complexity index is 830. The average Bonchev–Trinajstić information content (AvgIpc) is 3.02. The minimum Gasteiger partial charge on any atom is -0.360 e. The zero-order chi connectivity index (χ0) is 16.9. The highest BCUT2D eigenvalue weighted by molar-refractivity contribution is 6.04. The Morgan fingerprint density at radius 1 is 1.17 bits per heavy atom. The molecule has 0 radical (unpaired) electrons. The van der Waals surface area contributed by atoms with E-state index in [-0.39, 0.29) is 5.91 Å². The molecule has 0 atom stereocenters. The molecule has 6 nitrogen and oxygen atoms in total. The Kier molecular flexibility index (Phi) is 4.56. The average molecular weight is 322 g/mol. The van der Waals surface area contributed by atoms with Crippen molar-refractivity contribution in [3.8, 4) is 0 Å². The smallest absolute Gasteiger partial charge is 0.258 e. The quantitative estimate of drug-likeness (QED) is 0.774. The van der Waals surface area contributed by atoms with Gasteiger partial charge in [0.2, 0.25) is 0 Å². The number of benzene rings is 1. The molecule has 0 aliphatic carbocycles. The molecular formula is C18H18N4O2. The van der Waals surface area contributed by atoms with E-state index in [1.54, 1.807) is 19.2 Å². The van der Waals surface area contributed by atoms with Gasteiger partial charge in [0.15, 0.2) is 5.82 Å². The molecule has 24 heavy (non-hydrogen) atoms. The topological polar surface area (TPSA) is 71.3 Å². The van der Waals surface area contributed by atoms with E-state index in [1.165, 1.54) is 6.20 Å². The molecule has 0 unspecified atom stereocenters. The van der Waals surface area contributed by atoms with Gasteiger partial charge in [-0.05, 0) is 32.0 Å². The van der Waals surface area contributed by atoms with Crippen LogP contribution in [0.4, 0.5) is 17.2 Å². The first-order valence-electron chi connectivity index (χ1n) is 7.69. The molecule has 0 aliphatic heterocycles. The molecular weight excluding hydrogens is 304 g/mol. The zero-order valence-electron chi connectivity index (χ0n) is 13.6. The molecule has 1 amide bonds. The summed E-state index contributed by atoms with van der Waals surface area (Å²) in [4.78, 5) is 18.7. The largest absolute Gasteiger partial charge is 0.360 e. The molecule has 0 fully saturated rings. The molecule has 0 saturated carbocycles. The van der Waals surface area contributed by atoms with E-state index < -0.39 is 0 Å². The van der Waals surface area contributed by atoms with Crippen LogP contribution in [0.15, 0.2) is 59.4 Å². The first-order chi connectivity index (χ1) is 11.7. The predicted octanol–water partition coefficient (Wildman–Crippen LogP) is 3.79. The van der Waals surface area contributed by atoms with E-state index in [0.717, 1.165) is 17.9 Å². The molecule has 0 aliphatic rings. The molecule has 0 spiro atoms. The van der Waals surface area contributed by atoms with E-state index in [9.17, 15) is 4.79 Å². The molecule has 2 heterocycles. The number of anilines is 3. The highest BCUT2D eigenvalue weighted by Gasteiger charge is 2.13. The number of nitrogens with one attached hydrogen (secondary N) is 1. The van der Waals surface area contributed by atoms with E-state index in [0.29, 0.717) is 17.1 Å². The molecule has 0 bridgehead atoms. The molecule has 1 N–H and O–H groups in total. The maximum atomic E-state index is 12.4. The summed E-state index contributed by atoms with van der Waals surface area (Å²) in [6.45, 7) is 4.58. The molecule has 3 aromatic rings. The fraction of sp³-hybridized carbons (Fsp3) is 0.167. The van der Waals surface area contributed by atoms with E-state index in [2.05, 4.69) is 27.3 Å². The normalized spacial score (nSPS) is 10.4. The predicted molar refractivity (Wildman–Crippen MR) is 92.6 cm³/mol. The van der Waals surface area contributed by atoms with Crippen LogP contribution in [0.2, 0.25) is 0 Å². The van der Waals surface area contributed by atoms with Crippen molar-refractivity contribution < 1.29 is 9.32 Å². The minimum atomic E-state index is -0.276. The van der Waals surface area contributed by atoms with Gasteiger partial charge in [0, 0.05) is 24.5 Å². The summed E-state index contributed by atoms with van der Waals surface area (Å²) in [6.07, 6.45) is 3.28. The first-order valence-corrected chi connectivity index (χ1v) is 7.69. The van der Waals surface area contributed by atoms with Crippen LogP contribution in [-0.2, 0) is 0 Å². The second-order valence-electron chi connectivity index (χ2n) is 5.29. The number of hydrogen-bond donors (Lipinski definition) is 1. The maximum Gasteiger partial charge on any atom is 0.258 e. The lowest BCUT2D eigenvalue weighted by molar-refractivity contribution is 0.102. The van der Waals surface area contributed by atoms with Gasteiger partial charge in [0.05, 0.1) is 17.4 Å². The lowest BCUT2D eigenvalue weighted by atomic mass is 10.2. The monoisotopic (exact) mass is 322 g/mol. The van der Waals surface area contributed by atoms with Gasteiger partial charge >= 0.3 is 0 Å². The molecule has 1 aromatic carbocycles. The van der Waals surface area contributed by atoms with Crippen molar-refractivity contribution in [1.82, 2.24) is 10.1 Å². The van der Waals surface area contributed by atoms with Crippen molar-refractivity contribution >= 4 is 23.1 Å². The molecule has 2 aromatic heterocycles. The number of hydrogen-bond acceptors (Lipinski definition) is 5. The standard InChI is InChI=1S/C18H18N4O2/c1-3-22(15-7-5-4-6-8-15)16-10-14(11-19-12-16)18(23)20-17-9-13(2)24-21-17/h4-12H,3H2,1-2H3,(H,20,21,23). The van der Waals surface area contributed by atoms with Gasteiger partial charge in [0.25, 0.3) is 5.91 Å². The Morgan fingerprint density at radius 2 is 1.96 bits per heavy atom. The van der Waals surface area contributed by atoms with Gasteiger partial charge < -0.3 is 14.7 Å². The number of aromatic nitrogens is 2. The van der Waals surface area contributed by atoms with Crippen LogP contribution < -0.4 is 10.2 Å². The van der Waals surface area contributed by atoms with Gasteiger partial charge in [0.1, 0.15) is 5.76 Å². The number of rotatable bonds is 5. The second-order valence-corrected chi connectivity index (χ2v) is 5.29. The van der Waals surface area contributed by atoms with Gasteiger partial charge in [-0.25, -0.2) is 0 Å². The third-order valence-corrected chi connectivity index (χ3v) is 3.55. The SMILES string of the molecule is CCN(c1ccccc1)c1cncc(C(=O)Nc2cc(C)on2)c1. The van der Waals surface area contributed by atoms with Crippen LogP contribution in [0, 0.1) is 6.92 Å². The summed E-state index contributed by atoms with van der Waals surface area (Å²) in [5.74, 6) is 0.749. The highest BCUT2D eigenvalue weighted by Crippen LogP contribution is 2.25. The Labute approximate surface area is 140 Å². The fourth-order valence-electron chi connectivity index (χ4n) is 2.44. The third-order valence-electron chi connectivity index (χ3n) is 3.55. The van der Waals surface area contributed by atoms with E-state index in [1.807, 2.05) is 36.4 Å². The number of pyridine rings is 1. The van der Waals surface area contributed by atoms with Crippen LogP contribution in [0.25, 0.3) is 0 Å².